The number of rotatable bonds is 3. The zero-order valence-corrected chi connectivity index (χ0v) is 15.0. The average Bonchev–Trinajstić information content (AvgIpc) is 2.77. The lowest BCUT2D eigenvalue weighted by Gasteiger charge is -2.19. The van der Waals surface area contributed by atoms with Gasteiger partial charge in [-0.15, -0.1) is 0 Å². The molecule has 1 aliphatic carbocycles. The fourth-order valence-corrected chi connectivity index (χ4v) is 3.21. The molecule has 0 amide bonds. The lowest BCUT2D eigenvalue weighted by atomic mass is 10.0. The van der Waals surface area contributed by atoms with Gasteiger partial charge in [0.05, 0.1) is 0 Å². The third kappa shape index (κ3) is 4.21. The minimum absolute atomic E-state index is 0.183. The second-order valence-corrected chi connectivity index (χ2v) is 7.44. The number of ether oxygens (including phenoxy) is 2. The van der Waals surface area contributed by atoms with E-state index in [2.05, 4.69) is 0 Å². The number of benzene rings is 1. The fourth-order valence-electron chi connectivity index (χ4n) is 3.21. The van der Waals surface area contributed by atoms with Crippen molar-refractivity contribution in [1.82, 2.24) is 0 Å². The molecule has 1 aromatic carbocycles. The lowest BCUT2D eigenvalue weighted by molar-refractivity contribution is -0.157. The first-order valence-electron chi connectivity index (χ1n) is 8.77. The van der Waals surface area contributed by atoms with Crippen LogP contribution in [0, 0.1) is 0 Å². The highest BCUT2D eigenvalue weighted by molar-refractivity contribution is 5.83. The van der Waals surface area contributed by atoms with E-state index < -0.39 is 11.6 Å². The van der Waals surface area contributed by atoms with E-state index in [9.17, 15) is 9.59 Å². The molecule has 5 heteroatoms. The van der Waals surface area contributed by atoms with Gasteiger partial charge >= 0.3 is 11.6 Å². The van der Waals surface area contributed by atoms with Crippen molar-refractivity contribution in [2.45, 2.75) is 58.5 Å². The van der Waals surface area contributed by atoms with E-state index in [1.165, 1.54) is 0 Å². The second kappa shape index (κ2) is 6.90. The van der Waals surface area contributed by atoms with Gasteiger partial charge < -0.3 is 13.9 Å². The van der Waals surface area contributed by atoms with Crippen molar-refractivity contribution in [3.63, 3.8) is 0 Å². The summed E-state index contributed by atoms with van der Waals surface area (Å²) >= 11 is 0. The van der Waals surface area contributed by atoms with Crippen molar-refractivity contribution in [3.05, 3.63) is 39.7 Å². The van der Waals surface area contributed by atoms with Crippen LogP contribution in [0.25, 0.3) is 11.0 Å². The summed E-state index contributed by atoms with van der Waals surface area (Å²) in [5.41, 5.74) is 1.62. The van der Waals surface area contributed by atoms with E-state index >= 15 is 0 Å². The Kier molecular flexibility index (Phi) is 4.84. The molecule has 2 aromatic rings. The summed E-state index contributed by atoms with van der Waals surface area (Å²) < 4.78 is 16.2. The monoisotopic (exact) mass is 344 g/mol. The Morgan fingerprint density at radius 1 is 1.12 bits per heavy atom. The molecule has 0 saturated heterocycles. The van der Waals surface area contributed by atoms with Gasteiger partial charge in [0.2, 0.25) is 0 Å². The van der Waals surface area contributed by atoms with Crippen molar-refractivity contribution in [1.29, 1.82) is 0 Å². The third-order valence-electron chi connectivity index (χ3n) is 4.22. The van der Waals surface area contributed by atoms with Gasteiger partial charge in [-0.1, -0.05) is 6.42 Å². The molecule has 134 valence electrons. The van der Waals surface area contributed by atoms with Gasteiger partial charge in [-0.25, -0.2) is 9.59 Å². The van der Waals surface area contributed by atoms with Gasteiger partial charge in [-0.05, 0) is 64.2 Å². The van der Waals surface area contributed by atoms with Crippen molar-refractivity contribution < 1.29 is 18.7 Å². The van der Waals surface area contributed by atoms with Crippen molar-refractivity contribution in [3.8, 4) is 5.75 Å². The minimum Gasteiger partial charge on any atom is -0.482 e. The number of fused-ring (bicyclic) bond motifs is 3. The van der Waals surface area contributed by atoms with Gasteiger partial charge in [0, 0.05) is 17.0 Å². The van der Waals surface area contributed by atoms with Gasteiger partial charge in [-0.2, -0.15) is 0 Å². The summed E-state index contributed by atoms with van der Waals surface area (Å²) in [6.45, 7) is 5.24. The first kappa shape index (κ1) is 17.5. The highest BCUT2D eigenvalue weighted by Crippen LogP contribution is 2.28. The lowest BCUT2D eigenvalue weighted by Crippen LogP contribution is -2.27. The van der Waals surface area contributed by atoms with Crippen LogP contribution in [0.4, 0.5) is 0 Å². The molecule has 1 aromatic heterocycles. The summed E-state index contributed by atoms with van der Waals surface area (Å²) in [7, 11) is 0. The Hall–Kier alpha value is -2.30. The zero-order valence-electron chi connectivity index (χ0n) is 15.0. The topological polar surface area (TPSA) is 65.7 Å². The number of carbonyl (C=O) groups excluding carboxylic acids is 1. The number of hydrogen-bond donors (Lipinski definition) is 0. The highest BCUT2D eigenvalue weighted by atomic mass is 16.6. The minimum atomic E-state index is -0.547. The Morgan fingerprint density at radius 3 is 2.56 bits per heavy atom. The number of hydrogen-bond acceptors (Lipinski definition) is 5. The Morgan fingerprint density at radius 2 is 1.84 bits per heavy atom. The molecule has 0 bridgehead atoms. The molecular formula is C20H24O5. The first-order chi connectivity index (χ1) is 11.8. The normalized spacial score (nSPS) is 14.7. The van der Waals surface area contributed by atoms with Crippen molar-refractivity contribution >= 4 is 16.9 Å². The van der Waals surface area contributed by atoms with Crippen LogP contribution in [0.3, 0.4) is 0 Å². The molecule has 0 aliphatic heterocycles. The largest absolute Gasteiger partial charge is 0.482 e. The molecule has 5 nitrogen and oxygen atoms in total. The number of aryl methyl sites for hydroxylation is 1. The summed E-state index contributed by atoms with van der Waals surface area (Å²) in [5.74, 6) is 0.0473. The molecule has 0 saturated carbocycles. The predicted molar refractivity (Wildman–Crippen MR) is 95.1 cm³/mol. The van der Waals surface area contributed by atoms with E-state index in [1.54, 1.807) is 32.9 Å². The molecule has 0 radical (unpaired) electrons. The third-order valence-corrected chi connectivity index (χ3v) is 4.22. The molecule has 0 unspecified atom stereocenters. The number of esters is 1. The number of carbonyl (C=O) groups is 1. The van der Waals surface area contributed by atoms with E-state index in [0.29, 0.717) is 11.3 Å². The smallest absolute Gasteiger partial charge is 0.344 e. The standard InChI is InChI=1S/C20H24O5/c1-20(2,3)25-18(21)12-23-13-9-10-15-14-7-5-4-6-8-16(14)19(22)24-17(15)11-13/h9-11H,4-8,12H2,1-3H3. The van der Waals surface area contributed by atoms with Crippen LogP contribution in [0.1, 0.15) is 51.2 Å². The Balaban J connectivity index is 1.83. The van der Waals surface area contributed by atoms with Crippen LogP contribution < -0.4 is 10.4 Å². The Bertz CT molecular complexity index is 842. The van der Waals surface area contributed by atoms with E-state index in [4.69, 9.17) is 13.9 Å². The molecule has 0 atom stereocenters. The maximum Gasteiger partial charge on any atom is 0.344 e. The van der Waals surface area contributed by atoms with Crippen LogP contribution >= 0.6 is 0 Å². The van der Waals surface area contributed by atoms with Crippen molar-refractivity contribution in [2.75, 3.05) is 6.61 Å². The average molecular weight is 344 g/mol. The molecule has 1 aliphatic rings. The van der Waals surface area contributed by atoms with Crippen molar-refractivity contribution in [2.24, 2.45) is 0 Å². The van der Waals surface area contributed by atoms with Gasteiger partial charge in [-0.3, -0.25) is 0 Å². The molecule has 1 heterocycles. The maximum atomic E-state index is 12.3. The SMILES string of the molecule is CC(C)(C)OC(=O)COc1ccc2c3c(c(=O)oc2c1)CCCCC3. The highest BCUT2D eigenvalue weighted by Gasteiger charge is 2.19. The summed E-state index contributed by atoms with van der Waals surface area (Å²) in [6, 6.07) is 5.39. The maximum absolute atomic E-state index is 12.3. The van der Waals surface area contributed by atoms with Gasteiger partial charge in [0.15, 0.2) is 6.61 Å². The molecule has 25 heavy (non-hydrogen) atoms. The van der Waals surface area contributed by atoms with Gasteiger partial charge in [0.1, 0.15) is 16.9 Å². The zero-order chi connectivity index (χ0) is 18.0. The van der Waals surface area contributed by atoms with E-state index in [-0.39, 0.29) is 12.2 Å². The fraction of sp³-hybridized carbons (Fsp3) is 0.500. The molecule has 0 fully saturated rings. The van der Waals surface area contributed by atoms with Crippen LogP contribution in [-0.2, 0) is 22.4 Å². The van der Waals surface area contributed by atoms with Crippen LogP contribution in [0.15, 0.2) is 27.4 Å². The summed E-state index contributed by atoms with van der Waals surface area (Å²) in [6.07, 6.45) is 4.93. The quantitative estimate of drug-likeness (QED) is 0.481. The first-order valence-corrected chi connectivity index (χ1v) is 8.77. The molecule has 0 N–H and O–H groups in total. The second-order valence-electron chi connectivity index (χ2n) is 7.44. The van der Waals surface area contributed by atoms with E-state index in [0.717, 1.165) is 48.6 Å². The molecular weight excluding hydrogens is 320 g/mol. The summed E-state index contributed by atoms with van der Waals surface area (Å²) in [4.78, 5) is 24.0. The summed E-state index contributed by atoms with van der Waals surface area (Å²) in [5, 5.41) is 0.959. The Labute approximate surface area is 146 Å². The van der Waals surface area contributed by atoms with E-state index in [1.807, 2.05) is 6.07 Å². The van der Waals surface area contributed by atoms with Crippen LogP contribution in [-0.4, -0.2) is 18.2 Å². The van der Waals surface area contributed by atoms with Crippen LogP contribution in [0.5, 0.6) is 5.75 Å². The van der Waals surface area contributed by atoms with Crippen LogP contribution in [0.2, 0.25) is 0 Å². The molecule has 0 spiro atoms. The molecule has 3 rings (SSSR count). The van der Waals surface area contributed by atoms with Gasteiger partial charge in [0.25, 0.3) is 0 Å². The predicted octanol–water partition coefficient (Wildman–Crippen LogP) is 3.78.